The summed E-state index contributed by atoms with van der Waals surface area (Å²) in [5.41, 5.74) is 0.834. The van der Waals surface area contributed by atoms with Gasteiger partial charge in [-0.1, -0.05) is 24.3 Å². The van der Waals surface area contributed by atoms with Gasteiger partial charge in [-0.05, 0) is 37.1 Å². The van der Waals surface area contributed by atoms with E-state index in [2.05, 4.69) is 10.6 Å². The molecule has 118 valence electrons. The zero-order valence-corrected chi connectivity index (χ0v) is 12.7. The molecule has 1 fully saturated rings. The fraction of sp³-hybridized carbons (Fsp3) is 0.222. The van der Waals surface area contributed by atoms with Crippen molar-refractivity contribution in [3.8, 4) is 0 Å². The fourth-order valence-electron chi connectivity index (χ4n) is 2.72. The molecule has 1 saturated carbocycles. The first-order chi connectivity index (χ1) is 11.0. The summed E-state index contributed by atoms with van der Waals surface area (Å²) in [4.78, 5) is 23.7. The molecule has 5 heteroatoms. The van der Waals surface area contributed by atoms with Crippen LogP contribution >= 0.6 is 0 Å². The Morgan fingerprint density at radius 1 is 1.00 bits per heavy atom. The molecular weight excluding hydrogens is 295 g/mol. The lowest BCUT2D eigenvalue weighted by molar-refractivity contribution is -0.118. The van der Waals surface area contributed by atoms with Gasteiger partial charge in [0, 0.05) is 23.9 Å². The molecule has 0 atom stereocenters. The van der Waals surface area contributed by atoms with E-state index < -0.39 is 5.41 Å². The largest absolute Gasteiger partial charge is 0.326 e. The van der Waals surface area contributed by atoms with Gasteiger partial charge in [-0.3, -0.25) is 9.59 Å². The fourth-order valence-corrected chi connectivity index (χ4v) is 2.72. The molecule has 2 N–H and O–H groups in total. The van der Waals surface area contributed by atoms with Crippen LogP contribution in [0.1, 0.15) is 25.3 Å². The van der Waals surface area contributed by atoms with Gasteiger partial charge in [0.25, 0.3) is 0 Å². The van der Waals surface area contributed by atoms with Crippen LogP contribution in [0.2, 0.25) is 0 Å². The molecule has 0 saturated heterocycles. The van der Waals surface area contributed by atoms with Crippen LogP contribution in [0.15, 0.2) is 48.5 Å². The van der Waals surface area contributed by atoms with E-state index in [1.807, 2.05) is 0 Å². The Hall–Kier alpha value is -2.69. The van der Waals surface area contributed by atoms with Crippen LogP contribution < -0.4 is 10.6 Å². The lowest BCUT2D eigenvalue weighted by atomic mass is 9.94. The quantitative estimate of drug-likeness (QED) is 0.908. The van der Waals surface area contributed by atoms with Gasteiger partial charge < -0.3 is 10.6 Å². The Kier molecular flexibility index (Phi) is 3.86. The van der Waals surface area contributed by atoms with Crippen molar-refractivity contribution in [3.63, 3.8) is 0 Å². The Balaban J connectivity index is 1.80. The molecule has 23 heavy (non-hydrogen) atoms. The topological polar surface area (TPSA) is 58.2 Å². The van der Waals surface area contributed by atoms with E-state index in [4.69, 9.17) is 0 Å². The van der Waals surface area contributed by atoms with E-state index in [1.165, 1.54) is 13.0 Å². The highest BCUT2D eigenvalue weighted by Gasteiger charge is 2.52. The van der Waals surface area contributed by atoms with E-state index in [0.717, 1.165) is 0 Å². The molecule has 2 aromatic carbocycles. The molecule has 0 bridgehead atoms. The SMILES string of the molecule is CC(=O)Nc1cccc(NC(=O)C2(c3ccccc3F)CC2)c1. The van der Waals surface area contributed by atoms with Crippen LogP contribution in [0.4, 0.5) is 15.8 Å². The van der Waals surface area contributed by atoms with Crippen LogP contribution in [0.3, 0.4) is 0 Å². The molecule has 0 unspecified atom stereocenters. The van der Waals surface area contributed by atoms with Crippen molar-refractivity contribution in [2.24, 2.45) is 0 Å². The first-order valence-corrected chi connectivity index (χ1v) is 7.45. The maximum atomic E-state index is 14.0. The highest BCUT2D eigenvalue weighted by atomic mass is 19.1. The first-order valence-electron chi connectivity index (χ1n) is 7.45. The van der Waals surface area contributed by atoms with Gasteiger partial charge in [-0.2, -0.15) is 0 Å². The summed E-state index contributed by atoms with van der Waals surface area (Å²) in [6.07, 6.45) is 1.26. The van der Waals surface area contributed by atoms with Crippen molar-refractivity contribution in [2.75, 3.05) is 10.6 Å². The molecule has 2 amide bonds. The van der Waals surface area contributed by atoms with Crippen molar-refractivity contribution in [3.05, 3.63) is 59.9 Å². The number of benzene rings is 2. The van der Waals surface area contributed by atoms with Crippen LogP contribution in [0.5, 0.6) is 0 Å². The lowest BCUT2D eigenvalue weighted by Crippen LogP contribution is -2.28. The predicted octanol–water partition coefficient (Wildman–Crippen LogP) is 3.45. The molecule has 0 heterocycles. The van der Waals surface area contributed by atoms with E-state index in [-0.39, 0.29) is 17.6 Å². The highest BCUT2D eigenvalue weighted by Crippen LogP contribution is 2.49. The third kappa shape index (κ3) is 3.08. The third-order valence-electron chi connectivity index (χ3n) is 4.01. The molecule has 1 aliphatic rings. The van der Waals surface area contributed by atoms with Crippen LogP contribution in [-0.2, 0) is 15.0 Å². The first kappa shape index (κ1) is 15.2. The molecule has 0 radical (unpaired) electrons. The highest BCUT2D eigenvalue weighted by molar-refractivity contribution is 6.02. The number of halogens is 1. The van der Waals surface area contributed by atoms with Crippen molar-refractivity contribution in [1.29, 1.82) is 0 Å². The van der Waals surface area contributed by atoms with E-state index in [0.29, 0.717) is 29.8 Å². The zero-order chi connectivity index (χ0) is 16.4. The van der Waals surface area contributed by atoms with Gasteiger partial charge in [-0.15, -0.1) is 0 Å². The number of nitrogens with one attached hydrogen (secondary N) is 2. The number of anilines is 2. The number of rotatable bonds is 4. The molecule has 2 aromatic rings. The van der Waals surface area contributed by atoms with Crippen LogP contribution in [-0.4, -0.2) is 11.8 Å². The summed E-state index contributed by atoms with van der Waals surface area (Å²) >= 11 is 0. The smallest absolute Gasteiger partial charge is 0.235 e. The number of hydrogen-bond acceptors (Lipinski definition) is 2. The molecule has 0 aliphatic heterocycles. The summed E-state index contributed by atoms with van der Waals surface area (Å²) in [5.74, 6) is -0.756. The Morgan fingerprint density at radius 3 is 2.26 bits per heavy atom. The maximum absolute atomic E-state index is 14.0. The molecule has 0 spiro atoms. The minimum absolute atomic E-state index is 0.182. The van der Waals surface area contributed by atoms with Crippen molar-refractivity contribution in [2.45, 2.75) is 25.2 Å². The summed E-state index contributed by atoms with van der Waals surface area (Å²) in [7, 11) is 0. The monoisotopic (exact) mass is 312 g/mol. The second-order valence-corrected chi connectivity index (χ2v) is 5.78. The summed E-state index contributed by atoms with van der Waals surface area (Å²) in [5, 5.41) is 5.49. The normalized spacial score (nSPS) is 14.9. The average molecular weight is 312 g/mol. The Bertz CT molecular complexity index is 769. The van der Waals surface area contributed by atoms with E-state index in [1.54, 1.807) is 42.5 Å². The van der Waals surface area contributed by atoms with Crippen molar-refractivity contribution < 1.29 is 14.0 Å². The number of amides is 2. The van der Waals surface area contributed by atoms with Gasteiger partial charge in [0.05, 0.1) is 5.41 Å². The molecule has 0 aromatic heterocycles. The third-order valence-corrected chi connectivity index (χ3v) is 4.01. The van der Waals surface area contributed by atoms with Crippen LogP contribution in [0.25, 0.3) is 0 Å². The van der Waals surface area contributed by atoms with E-state index in [9.17, 15) is 14.0 Å². The van der Waals surface area contributed by atoms with Gasteiger partial charge in [-0.25, -0.2) is 4.39 Å². The number of hydrogen-bond donors (Lipinski definition) is 2. The van der Waals surface area contributed by atoms with Gasteiger partial charge in [0.2, 0.25) is 11.8 Å². The zero-order valence-electron chi connectivity index (χ0n) is 12.7. The number of carbonyl (C=O) groups is 2. The molecule has 3 rings (SSSR count). The Morgan fingerprint density at radius 2 is 1.65 bits per heavy atom. The van der Waals surface area contributed by atoms with Crippen LogP contribution in [0, 0.1) is 5.82 Å². The standard InChI is InChI=1S/C18H17FN2O2/c1-12(22)20-13-5-4-6-14(11-13)21-17(23)18(9-10-18)15-7-2-3-8-16(15)19/h2-8,11H,9-10H2,1H3,(H,20,22)(H,21,23). The van der Waals surface area contributed by atoms with Gasteiger partial charge in [0.1, 0.15) is 5.82 Å². The van der Waals surface area contributed by atoms with Crippen molar-refractivity contribution in [1.82, 2.24) is 0 Å². The predicted molar refractivity (Wildman–Crippen MR) is 86.7 cm³/mol. The minimum Gasteiger partial charge on any atom is -0.326 e. The van der Waals surface area contributed by atoms with Crippen molar-refractivity contribution >= 4 is 23.2 Å². The molecular formula is C18H17FN2O2. The van der Waals surface area contributed by atoms with Gasteiger partial charge in [0.15, 0.2) is 0 Å². The average Bonchev–Trinajstić information content (AvgIpc) is 3.29. The molecule has 4 nitrogen and oxygen atoms in total. The number of carbonyl (C=O) groups excluding carboxylic acids is 2. The van der Waals surface area contributed by atoms with E-state index >= 15 is 0 Å². The molecule has 1 aliphatic carbocycles. The maximum Gasteiger partial charge on any atom is 0.235 e. The second kappa shape index (κ2) is 5.83. The van der Waals surface area contributed by atoms with Gasteiger partial charge >= 0.3 is 0 Å². The lowest BCUT2D eigenvalue weighted by Gasteiger charge is -2.17. The Labute approximate surface area is 133 Å². The minimum atomic E-state index is -0.782. The summed E-state index contributed by atoms with van der Waals surface area (Å²) in [6.45, 7) is 1.42. The summed E-state index contributed by atoms with van der Waals surface area (Å²) in [6, 6.07) is 13.3. The summed E-state index contributed by atoms with van der Waals surface area (Å²) < 4.78 is 14.0. The second-order valence-electron chi connectivity index (χ2n) is 5.78.